The first-order chi connectivity index (χ1) is 9.32. The van der Waals surface area contributed by atoms with E-state index in [4.69, 9.17) is 0 Å². The summed E-state index contributed by atoms with van der Waals surface area (Å²) in [6.07, 6.45) is 0. The van der Waals surface area contributed by atoms with Crippen LogP contribution in [-0.2, 0) is 9.59 Å². The van der Waals surface area contributed by atoms with Crippen molar-refractivity contribution in [1.82, 2.24) is 5.32 Å². The van der Waals surface area contributed by atoms with Gasteiger partial charge in [0.2, 0.25) is 5.91 Å². The van der Waals surface area contributed by atoms with E-state index in [9.17, 15) is 9.59 Å². The average molecular weight is 404 g/mol. The van der Waals surface area contributed by atoms with E-state index in [0.717, 1.165) is 8.95 Å². The van der Waals surface area contributed by atoms with Crippen molar-refractivity contribution in [2.24, 2.45) is 5.92 Å². The number of nitrogens with one attached hydrogen (secondary N) is 1. The number of benzene rings is 1. The number of piperazine rings is 1. The molecule has 0 aliphatic carbocycles. The standard InChI is InChI=1S/C14H16Br2N2O2/c1-7(2)12-14(20)18(8(3)13(19)17-12)11-5-4-9(15)6-10(11)16/h4-8,12H,1-3H3,(H,17,19). The molecule has 1 saturated heterocycles. The third-order valence-electron chi connectivity index (χ3n) is 3.40. The van der Waals surface area contributed by atoms with E-state index in [0.29, 0.717) is 5.69 Å². The molecular formula is C14H16Br2N2O2. The number of amides is 2. The first-order valence-corrected chi connectivity index (χ1v) is 8.00. The molecule has 0 radical (unpaired) electrons. The lowest BCUT2D eigenvalue weighted by Gasteiger charge is -2.39. The van der Waals surface area contributed by atoms with Gasteiger partial charge < -0.3 is 5.32 Å². The summed E-state index contributed by atoms with van der Waals surface area (Å²) in [7, 11) is 0. The quantitative estimate of drug-likeness (QED) is 0.824. The van der Waals surface area contributed by atoms with Gasteiger partial charge in [-0.2, -0.15) is 0 Å². The van der Waals surface area contributed by atoms with Gasteiger partial charge in [-0.05, 0) is 47.0 Å². The van der Waals surface area contributed by atoms with Crippen LogP contribution < -0.4 is 10.2 Å². The van der Waals surface area contributed by atoms with Crippen molar-refractivity contribution in [1.29, 1.82) is 0 Å². The van der Waals surface area contributed by atoms with Crippen LogP contribution in [0.4, 0.5) is 5.69 Å². The summed E-state index contributed by atoms with van der Waals surface area (Å²) >= 11 is 6.84. The molecule has 1 aliphatic rings. The largest absolute Gasteiger partial charge is 0.342 e. The van der Waals surface area contributed by atoms with Crippen molar-refractivity contribution in [3.63, 3.8) is 0 Å². The van der Waals surface area contributed by atoms with Crippen LogP contribution in [0.1, 0.15) is 20.8 Å². The monoisotopic (exact) mass is 402 g/mol. The molecule has 2 rings (SSSR count). The van der Waals surface area contributed by atoms with Gasteiger partial charge in [-0.3, -0.25) is 14.5 Å². The van der Waals surface area contributed by atoms with Crippen LogP contribution in [-0.4, -0.2) is 23.9 Å². The Labute approximate surface area is 135 Å². The van der Waals surface area contributed by atoms with E-state index in [1.54, 1.807) is 11.8 Å². The zero-order valence-electron chi connectivity index (χ0n) is 11.5. The van der Waals surface area contributed by atoms with Crippen LogP contribution in [0.5, 0.6) is 0 Å². The molecule has 1 aromatic carbocycles. The fourth-order valence-corrected chi connectivity index (χ4v) is 3.49. The Balaban J connectivity index is 2.46. The van der Waals surface area contributed by atoms with Gasteiger partial charge >= 0.3 is 0 Å². The van der Waals surface area contributed by atoms with E-state index in [1.807, 2.05) is 32.0 Å². The minimum absolute atomic E-state index is 0.0515. The van der Waals surface area contributed by atoms with Crippen LogP contribution in [0, 0.1) is 5.92 Å². The third kappa shape index (κ3) is 2.76. The first kappa shape index (κ1) is 15.5. The van der Waals surface area contributed by atoms with Gasteiger partial charge in [0.15, 0.2) is 0 Å². The summed E-state index contributed by atoms with van der Waals surface area (Å²) < 4.78 is 1.69. The maximum Gasteiger partial charge on any atom is 0.250 e. The Bertz CT molecular complexity index is 560. The number of carbonyl (C=O) groups excluding carboxylic acids is 2. The zero-order valence-corrected chi connectivity index (χ0v) is 14.7. The molecule has 2 atom stereocenters. The fourth-order valence-electron chi connectivity index (χ4n) is 2.25. The molecular weight excluding hydrogens is 388 g/mol. The van der Waals surface area contributed by atoms with Crippen molar-refractivity contribution in [3.05, 3.63) is 27.1 Å². The summed E-state index contributed by atoms with van der Waals surface area (Å²) in [4.78, 5) is 26.3. The predicted molar refractivity (Wildman–Crippen MR) is 85.6 cm³/mol. The molecule has 0 bridgehead atoms. The number of halogens is 2. The van der Waals surface area contributed by atoms with Gasteiger partial charge in [0.1, 0.15) is 12.1 Å². The average Bonchev–Trinajstić information content (AvgIpc) is 2.36. The zero-order chi connectivity index (χ0) is 15.0. The summed E-state index contributed by atoms with van der Waals surface area (Å²) in [5.74, 6) is -0.149. The van der Waals surface area contributed by atoms with E-state index >= 15 is 0 Å². The van der Waals surface area contributed by atoms with Crippen molar-refractivity contribution < 1.29 is 9.59 Å². The van der Waals surface area contributed by atoms with E-state index in [1.165, 1.54) is 0 Å². The number of hydrogen-bond donors (Lipinski definition) is 1. The third-order valence-corrected chi connectivity index (χ3v) is 4.53. The smallest absolute Gasteiger partial charge is 0.250 e. The van der Waals surface area contributed by atoms with Crippen LogP contribution in [0.15, 0.2) is 27.1 Å². The second-order valence-corrected chi connectivity index (χ2v) is 6.98. The highest BCUT2D eigenvalue weighted by Crippen LogP contribution is 2.32. The lowest BCUT2D eigenvalue weighted by molar-refractivity contribution is -0.134. The number of anilines is 1. The molecule has 20 heavy (non-hydrogen) atoms. The van der Waals surface area contributed by atoms with Crippen molar-refractivity contribution in [2.45, 2.75) is 32.9 Å². The van der Waals surface area contributed by atoms with E-state index < -0.39 is 12.1 Å². The molecule has 1 N–H and O–H groups in total. The van der Waals surface area contributed by atoms with Gasteiger partial charge in [0.25, 0.3) is 5.91 Å². The second kappa shape index (κ2) is 5.85. The summed E-state index contributed by atoms with van der Waals surface area (Å²) in [5.41, 5.74) is 0.714. The highest BCUT2D eigenvalue weighted by atomic mass is 79.9. The molecule has 4 nitrogen and oxygen atoms in total. The molecule has 2 amide bonds. The van der Waals surface area contributed by atoms with Gasteiger partial charge in [-0.1, -0.05) is 29.8 Å². The number of rotatable bonds is 2. The van der Waals surface area contributed by atoms with Crippen LogP contribution in [0.25, 0.3) is 0 Å². The highest BCUT2D eigenvalue weighted by molar-refractivity contribution is 9.11. The normalized spacial score (nSPS) is 23.2. The number of carbonyl (C=O) groups is 2. The molecule has 1 aromatic rings. The van der Waals surface area contributed by atoms with E-state index in [-0.39, 0.29) is 17.7 Å². The molecule has 108 valence electrons. The predicted octanol–water partition coefficient (Wildman–Crippen LogP) is 3.09. The Hall–Kier alpha value is -0.880. The molecule has 6 heteroatoms. The summed E-state index contributed by atoms with van der Waals surface area (Å²) in [6, 6.07) is 4.56. The van der Waals surface area contributed by atoms with Crippen LogP contribution in [0.2, 0.25) is 0 Å². The highest BCUT2D eigenvalue weighted by Gasteiger charge is 2.40. The molecule has 1 heterocycles. The Kier molecular flexibility index (Phi) is 4.54. The van der Waals surface area contributed by atoms with Crippen LogP contribution in [0.3, 0.4) is 0 Å². The van der Waals surface area contributed by atoms with Gasteiger partial charge in [0, 0.05) is 8.95 Å². The lowest BCUT2D eigenvalue weighted by Crippen LogP contribution is -2.64. The maximum absolute atomic E-state index is 12.6. The molecule has 0 spiro atoms. The van der Waals surface area contributed by atoms with Gasteiger partial charge in [-0.25, -0.2) is 0 Å². The van der Waals surface area contributed by atoms with Crippen LogP contribution >= 0.6 is 31.9 Å². The number of hydrogen-bond acceptors (Lipinski definition) is 2. The molecule has 2 unspecified atom stereocenters. The minimum atomic E-state index is -0.519. The van der Waals surface area contributed by atoms with Crippen molar-refractivity contribution in [3.8, 4) is 0 Å². The summed E-state index contributed by atoms with van der Waals surface area (Å²) in [6.45, 7) is 5.58. The fraction of sp³-hybridized carbons (Fsp3) is 0.429. The SMILES string of the molecule is CC(C)C1NC(=O)C(C)N(c2ccc(Br)cc2Br)C1=O. The second-order valence-electron chi connectivity index (χ2n) is 5.21. The molecule has 0 saturated carbocycles. The maximum atomic E-state index is 12.6. The number of nitrogens with zero attached hydrogens (tertiary/aromatic N) is 1. The Morgan fingerprint density at radius 3 is 2.45 bits per heavy atom. The molecule has 1 fully saturated rings. The van der Waals surface area contributed by atoms with Gasteiger partial charge in [-0.15, -0.1) is 0 Å². The molecule has 0 aromatic heterocycles. The topological polar surface area (TPSA) is 49.4 Å². The van der Waals surface area contributed by atoms with E-state index in [2.05, 4.69) is 37.2 Å². The Morgan fingerprint density at radius 2 is 1.90 bits per heavy atom. The van der Waals surface area contributed by atoms with Gasteiger partial charge in [0.05, 0.1) is 5.69 Å². The first-order valence-electron chi connectivity index (χ1n) is 6.41. The van der Waals surface area contributed by atoms with Crippen molar-refractivity contribution >= 4 is 49.4 Å². The molecule has 1 aliphatic heterocycles. The van der Waals surface area contributed by atoms with Crippen molar-refractivity contribution in [2.75, 3.05) is 4.90 Å². The lowest BCUT2D eigenvalue weighted by atomic mass is 9.98. The minimum Gasteiger partial charge on any atom is -0.342 e. The summed E-state index contributed by atoms with van der Waals surface area (Å²) in [5, 5.41) is 2.79. The Morgan fingerprint density at radius 1 is 1.25 bits per heavy atom.